The standard InChI is InChI=1S/C41H58IN11O12/c1-7-13-42(6)25-15-28(56)53(40(25)62)14-12-27(55)50-29(20(2)3)38(61)47-21(4)36(59)49-24-10-8-23(9-11-24)17-64-41(63)48-22(5)37(60)51-30-26(16-54)65-39(33(58)32(30)57)52-35-31-34(44-18-43-31)45-19-46-35/h8-11,18-22,25-26,29-30,32-33,39,54,57-58H,7,12-17H2,1-6H3,(H,47,61)(H,48,63)(H,49,59)(H,50,55)(H,51,60)(H2,43,44,45,46,52)/t21-,22+,25?,26-,29-,30-,32+,33-,39-/m0/s1. The molecule has 7 amide bonds. The minimum absolute atomic E-state index is 0.0642. The number of alkyl carbamates (subject to hydrolysis) is 1. The van der Waals surface area contributed by atoms with Crippen LogP contribution in [0.25, 0.3) is 11.2 Å². The second-order valence-corrected chi connectivity index (χ2v) is 22.3. The number of imidazole rings is 1. The molecular weight excluding hydrogens is 965 g/mol. The Kier molecular flexibility index (Phi) is 17.9. The van der Waals surface area contributed by atoms with E-state index in [1.807, 2.05) is 0 Å². The van der Waals surface area contributed by atoms with E-state index in [0.29, 0.717) is 22.4 Å². The first kappa shape index (κ1) is 50.4. The number of hydrogen-bond acceptors (Lipinski definition) is 16. The summed E-state index contributed by atoms with van der Waals surface area (Å²) in [5.74, 6) is -3.03. The van der Waals surface area contributed by atoms with Gasteiger partial charge in [0.05, 0.1) is 19.0 Å². The molecule has 0 aliphatic carbocycles. The van der Waals surface area contributed by atoms with Crippen LogP contribution in [0, 0.1) is 5.92 Å². The summed E-state index contributed by atoms with van der Waals surface area (Å²) >= 11 is -1.61. The van der Waals surface area contributed by atoms with Crippen molar-refractivity contribution in [3.63, 3.8) is 0 Å². The van der Waals surface area contributed by atoms with Gasteiger partial charge in [0.2, 0.25) is 5.91 Å². The Bertz CT molecular complexity index is 2180. The third kappa shape index (κ3) is 13.0. The maximum atomic E-state index is 13.2. The molecule has 9 atom stereocenters. The molecule has 5 rings (SSSR count). The van der Waals surface area contributed by atoms with Gasteiger partial charge in [-0.15, -0.1) is 0 Å². The van der Waals surface area contributed by atoms with Crippen molar-refractivity contribution < 1.29 is 58.4 Å². The Morgan fingerprint density at radius 3 is 2.34 bits per heavy atom. The zero-order valence-electron chi connectivity index (χ0n) is 36.9. The van der Waals surface area contributed by atoms with Gasteiger partial charge in [0.1, 0.15) is 42.8 Å². The number of aromatic amines is 1. The van der Waals surface area contributed by atoms with Crippen LogP contribution < -0.4 is 31.9 Å². The van der Waals surface area contributed by atoms with Gasteiger partial charge in [0.15, 0.2) is 17.7 Å². The number of likely N-dealkylation sites (tertiary alicyclic amines) is 1. The van der Waals surface area contributed by atoms with Gasteiger partial charge in [-0.2, -0.15) is 0 Å². The van der Waals surface area contributed by atoms with Gasteiger partial charge in [-0.05, 0) is 24.6 Å². The number of alkyl halides is 3. The first-order valence-corrected chi connectivity index (χ1v) is 26.0. The van der Waals surface area contributed by atoms with Crippen molar-refractivity contribution >= 4 is 84.0 Å². The van der Waals surface area contributed by atoms with Crippen molar-refractivity contribution in [2.45, 2.75) is 113 Å². The fourth-order valence-corrected chi connectivity index (χ4v) is 11.9. The van der Waals surface area contributed by atoms with E-state index < -0.39 is 105 Å². The van der Waals surface area contributed by atoms with Crippen molar-refractivity contribution in [3.8, 4) is 0 Å². The first-order valence-electron chi connectivity index (χ1n) is 21.1. The van der Waals surface area contributed by atoms with E-state index in [0.717, 1.165) is 15.7 Å². The second kappa shape index (κ2) is 23.1. The van der Waals surface area contributed by atoms with Crippen LogP contribution in [0.5, 0.6) is 0 Å². The Morgan fingerprint density at radius 2 is 1.66 bits per heavy atom. The molecule has 23 nitrogen and oxygen atoms in total. The number of aliphatic hydroxyl groups excluding tert-OH is 3. The summed E-state index contributed by atoms with van der Waals surface area (Å²) in [6, 6.07) is 1.82. The van der Waals surface area contributed by atoms with Crippen LogP contribution >= 0.6 is 19.8 Å². The van der Waals surface area contributed by atoms with Crippen LogP contribution in [-0.4, -0.2) is 157 Å². The van der Waals surface area contributed by atoms with Crippen LogP contribution in [0.1, 0.15) is 59.4 Å². The summed E-state index contributed by atoms with van der Waals surface area (Å²) in [6.45, 7) is 7.44. The Morgan fingerprint density at radius 1 is 0.954 bits per heavy atom. The zero-order chi connectivity index (χ0) is 47.5. The number of halogens is 1. The summed E-state index contributed by atoms with van der Waals surface area (Å²) in [4.78, 5) is 108. The molecule has 2 aromatic heterocycles. The number of ether oxygens (including phenoxy) is 2. The topological polar surface area (TPSA) is 329 Å². The monoisotopic (exact) mass is 1020 g/mol. The van der Waals surface area contributed by atoms with Crippen molar-refractivity contribution in [1.82, 2.24) is 46.1 Å². The minimum atomic E-state index is -1.61. The molecule has 0 saturated carbocycles. The van der Waals surface area contributed by atoms with Crippen LogP contribution in [-0.2, 0) is 44.8 Å². The van der Waals surface area contributed by atoms with Gasteiger partial charge in [-0.3, -0.25) is 9.59 Å². The number of amides is 7. The Labute approximate surface area is 381 Å². The number of fused-ring (bicyclic) bond motifs is 1. The van der Waals surface area contributed by atoms with Gasteiger partial charge in [-0.1, -0.05) is 12.1 Å². The summed E-state index contributed by atoms with van der Waals surface area (Å²) in [6.07, 6.45) is -2.93. The number of nitrogens with zero attached hydrogens (tertiary/aromatic N) is 4. The number of hydrogen-bond donors (Lipinski definition) is 10. The van der Waals surface area contributed by atoms with E-state index in [1.165, 1.54) is 26.5 Å². The molecule has 2 aliphatic rings. The number of benzene rings is 1. The molecule has 4 heterocycles. The van der Waals surface area contributed by atoms with Gasteiger partial charge < -0.3 is 51.0 Å². The van der Waals surface area contributed by atoms with Crippen LogP contribution in [0.2, 0.25) is 0 Å². The first-order chi connectivity index (χ1) is 30.9. The number of carbonyl (C=O) groups excluding carboxylic acids is 7. The molecule has 0 spiro atoms. The number of imide groups is 1. The molecule has 0 radical (unpaired) electrons. The van der Waals surface area contributed by atoms with Gasteiger partial charge in [0.25, 0.3) is 0 Å². The number of carbonyl (C=O) groups is 7. The molecule has 2 aliphatic heterocycles. The molecule has 10 N–H and O–H groups in total. The zero-order valence-corrected chi connectivity index (χ0v) is 39.0. The molecule has 0 bridgehead atoms. The molecule has 1 unspecified atom stereocenters. The van der Waals surface area contributed by atoms with Crippen molar-refractivity contribution in [1.29, 1.82) is 0 Å². The average Bonchev–Trinajstić information content (AvgIpc) is 3.87. The Balaban J connectivity index is 1.02. The Hall–Kier alpha value is -5.57. The number of nitrogens with one attached hydrogen (secondary N) is 7. The molecule has 2 fully saturated rings. The van der Waals surface area contributed by atoms with Crippen molar-refractivity contribution in [2.75, 3.05) is 33.1 Å². The summed E-state index contributed by atoms with van der Waals surface area (Å²) in [7, 11) is 0. The average molecular weight is 1020 g/mol. The predicted octanol–water partition coefficient (Wildman–Crippen LogP) is -0.349. The number of aliphatic hydroxyl groups is 3. The van der Waals surface area contributed by atoms with E-state index in [-0.39, 0.29) is 53.5 Å². The summed E-state index contributed by atoms with van der Waals surface area (Å²) < 4.78 is 11.8. The SMILES string of the molecule is CCCI(C)C1CC(=O)N(CCC(=O)N[C@H](C(=O)N[C@@H](C)C(=O)Nc2ccc(COC(=O)N[C@H](C)C(=O)N[C@@H]3[C@@H](O)[C@H](O)[C@@H](Nc4ncnc5nc[nH]c45)O[C@H]3CO)cc2)C(C)C)C1=O. The third-order valence-corrected chi connectivity index (χ3v) is 17.1. The van der Waals surface area contributed by atoms with Crippen LogP contribution in [0.4, 0.5) is 16.3 Å². The maximum absolute atomic E-state index is 13.2. The number of anilines is 2. The fraction of sp³-hybridized carbons (Fsp3) is 0.561. The quantitative estimate of drug-likeness (QED) is 0.0393. The van der Waals surface area contributed by atoms with Crippen LogP contribution in [0.15, 0.2) is 36.9 Å². The van der Waals surface area contributed by atoms with Crippen molar-refractivity contribution in [3.05, 3.63) is 42.5 Å². The number of H-pyrrole nitrogens is 1. The van der Waals surface area contributed by atoms with Gasteiger partial charge in [-0.25, -0.2) is 19.7 Å². The molecular formula is C41H58IN11O12. The van der Waals surface area contributed by atoms with E-state index in [1.54, 1.807) is 38.1 Å². The second-order valence-electron chi connectivity index (χ2n) is 16.0. The normalized spacial score (nSPS) is 22.4. The van der Waals surface area contributed by atoms with E-state index in [2.05, 4.69) is 63.7 Å². The summed E-state index contributed by atoms with van der Waals surface area (Å²) in [5, 5.41) is 47.5. The number of aromatic nitrogens is 4. The predicted molar refractivity (Wildman–Crippen MR) is 242 cm³/mol. The molecule has 3 aromatic rings. The molecule has 356 valence electrons. The van der Waals surface area contributed by atoms with Crippen LogP contribution in [0.3, 0.4) is 0 Å². The van der Waals surface area contributed by atoms with Gasteiger partial charge >= 0.3 is 175 Å². The fourth-order valence-electron chi connectivity index (χ4n) is 7.05. The van der Waals surface area contributed by atoms with E-state index in [4.69, 9.17) is 9.47 Å². The van der Waals surface area contributed by atoms with E-state index >= 15 is 0 Å². The molecule has 24 heteroatoms. The molecule has 1 aromatic carbocycles. The molecule has 65 heavy (non-hydrogen) atoms. The van der Waals surface area contributed by atoms with Gasteiger partial charge in [0, 0.05) is 5.69 Å². The van der Waals surface area contributed by atoms with Crippen molar-refractivity contribution in [2.24, 2.45) is 5.92 Å². The number of rotatable bonds is 20. The molecule has 2 saturated heterocycles. The summed E-state index contributed by atoms with van der Waals surface area (Å²) in [5.41, 5.74) is 1.65. The third-order valence-electron chi connectivity index (χ3n) is 10.8. The van der Waals surface area contributed by atoms with E-state index in [9.17, 15) is 48.9 Å².